The molecule has 0 spiro atoms. The Hall–Kier alpha value is -3.49. The summed E-state index contributed by atoms with van der Waals surface area (Å²) in [4.78, 5) is 24.0. The number of ether oxygens (including phenoxy) is 1. The Morgan fingerprint density at radius 1 is 1.32 bits per heavy atom. The number of anilines is 1. The molecule has 2 N–H and O–H groups in total. The number of fused-ring (bicyclic) bond motifs is 1. The number of pyridine rings is 1. The molecule has 1 aliphatic heterocycles. The van der Waals surface area contributed by atoms with Crippen LogP contribution in [0.2, 0.25) is 0 Å². The van der Waals surface area contributed by atoms with Gasteiger partial charge in [0, 0.05) is 36.4 Å². The molecular weight excluding hydrogens is 396 g/mol. The fourth-order valence-corrected chi connectivity index (χ4v) is 3.93. The first-order valence-corrected chi connectivity index (χ1v) is 10.4. The minimum atomic E-state index is -0.907. The second-order valence-corrected chi connectivity index (χ2v) is 7.69. The lowest BCUT2D eigenvalue weighted by molar-refractivity contribution is -0.137. The molecule has 0 amide bonds. The van der Waals surface area contributed by atoms with Crippen LogP contribution in [0.25, 0.3) is 0 Å². The number of aryl methyl sites for hydroxylation is 2. The number of carbonyl (C=O) groups is 1. The molecule has 31 heavy (non-hydrogen) atoms. The van der Waals surface area contributed by atoms with Crippen LogP contribution >= 0.6 is 0 Å². The van der Waals surface area contributed by atoms with Crippen molar-refractivity contribution < 1.29 is 14.6 Å². The summed E-state index contributed by atoms with van der Waals surface area (Å²) in [7, 11) is 1.49. The second-order valence-electron chi connectivity index (χ2n) is 7.69. The van der Waals surface area contributed by atoms with Gasteiger partial charge in [0.2, 0.25) is 0 Å². The summed E-state index contributed by atoms with van der Waals surface area (Å²) in [5, 5.41) is 17.5. The quantitative estimate of drug-likeness (QED) is 0.541. The largest absolute Gasteiger partial charge is 0.481 e. The van der Waals surface area contributed by atoms with Crippen molar-refractivity contribution >= 4 is 11.8 Å². The highest BCUT2D eigenvalue weighted by atomic mass is 16.5. The van der Waals surface area contributed by atoms with Crippen molar-refractivity contribution in [3.8, 4) is 6.01 Å². The molecule has 1 aliphatic rings. The van der Waals surface area contributed by atoms with Gasteiger partial charge in [-0.05, 0) is 49.8 Å². The van der Waals surface area contributed by atoms with E-state index in [9.17, 15) is 9.90 Å². The van der Waals surface area contributed by atoms with E-state index in [1.165, 1.54) is 12.7 Å². The molecular formula is C22H26N6O3. The van der Waals surface area contributed by atoms with Gasteiger partial charge in [0.05, 0.1) is 25.3 Å². The number of carboxylic acids is 1. The molecule has 0 saturated carbocycles. The minimum Gasteiger partial charge on any atom is -0.481 e. The van der Waals surface area contributed by atoms with Gasteiger partial charge in [0.1, 0.15) is 5.82 Å². The summed E-state index contributed by atoms with van der Waals surface area (Å²) < 4.78 is 6.67. The lowest BCUT2D eigenvalue weighted by atomic mass is 9.97. The third kappa shape index (κ3) is 5.17. The molecule has 4 heterocycles. The van der Waals surface area contributed by atoms with Gasteiger partial charge in [0.15, 0.2) is 0 Å². The summed E-state index contributed by atoms with van der Waals surface area (Å²) >= 11 is 0. The normalized spacial score (nSPS) is 16.2. The van der Waals surface area contributed by atoms with Crippen LogP contribution in [-0.4, -0.2) is 49.0 Å². The van der Waals surface area contributed by atoms with Crippen molar-refractivity contribution in [2.75, 3.05) is 12.4 Å². The summed E-state index contributed by atoms with van der Waals surface area (Å²) in [5.41, 5.74) is 2.90. The molecule has 162 valence electrons. The third-order valence-electron chi connectivity index (χ3n) is 5.55. The van der Waals surface area contributed by atoms with Crippen molar-refractivity contribution in [3.63, 3.8) is 0 Å². The number of methoxy groups -OCH3 is 1. The fourth-order valence-electron chi connectivity index (χ4n) is 3.93. The van der Waals surface area contributed by atoms with Gasteiger partial charge < -0.3 is 15.2 Å². The van der Waals surface area contributed by atoms with Crippen LogP contribution in [-0.2, 0) is 17.6 Å². The van der Waals surface area contributed by atoms with Crippen molar-refractivity contribution in [1.82, 2.24) is 24.7 Å². The van der Waals surface area contributed by atoms with Crippen LogP contribution in [0.5, 0.6) is 6.01 Å². The van der Waals surface area contributed by atoms with E-state index in [2.05, 4.69) is 31.4 Å². The molecule has 2 atom stereocenters. The van der Waals surface area contributed by atoms with E-state index in [0.29, 0.717) is 11.6 Å². The smallest absolute Gasteiger partial charge is 0.316 e. The van der Waals surface area contributed by atoms with Crippen molar-refractivity contribution in [1.29, 1.82) is 0 Å². The second kappa shape index (κ2) is 9.55. The van der Waals surface area contributed by atoms with Gasteiger partial charge >= 0.3 is 12.0 Å². The van der Waals surface area contributed by atoms with Crippen LogP contribution in [0, 0.1) is 0 Å². The average molecular weight is 422 g/mol. The maximum atomic E-state index is 11.4. The Balaban J connectivity index is 1.36. The molecule has 0 saturated heterocycles. The number of hydrogen-bond acceptors (Lipinski definition) is 7. The first-order chi connectivity index (χ1) is 15.1. The summed E-state index contributed by atoms with van der Waals surface area (Å²) in [6.07, 6.45) is 11.7. The zero-order valence-corrected chi connectivity index (χ0v) is 17.4. The summed E-state index contributed by atoms with van der Waals surface area (Å²) in [6.45, 7) is 0. The number of carboxylic acid groups (broad SMARTS) is 1. The molecule has 0 bridgehead atoms. The van der Waals surface area contributed by atoms with E-state index >= 15 is 0 Å². The molecule has 9 heteroatoms. The molecule has 0 aromatic carbocycles. The van der Waals surface area contributed by atoms with E-state index < -0.39 is 12.0 Å². The topological polar surface area (TPSA) is 115 Å². The predicted molar refractivity (Wildman–Crippen MR) is 114 cm³/mol. The van der Waals surface area contributed by atoms with Gasteiger partial charge in [-0.25, -0.2) is 15.0 Å². The Labute approximate surface area is 180 Å². The highest BCUT2D eigenvalue weighted by Gasteiger charge is 2.21. The average Bonchev–Trinajstić information content (AvgIpc) is 3.26. The summed E-state index contributed by atoms with van der Waals surface area (Å²) in [6, 6.07) is 6.24. The zero-order chi connectivity index (χ0) is 21.6. The number of nitrogens with zero attached hydrogens (tertiary/aromatic N) is 5. The molecule has 0 aliphatic carbocycles. The van der Waals surface area contributed by atoms with Gasteiger partial charge in [-0.3, -0.25) is 9.48 Å². The maximum Gasteiger partial charge on any atom is 0.316 e. The molecule has 3 aromatic heterocycles. The van der Waals surface area contributed by atoms with Crippen LogP contribution in [0.15, 0.2) is 43.0 Å². The molecule has 0 unspecified atom stereocenters. The van der Waals surface area contributed by atoms with Gasteiger partial charge in [-0.1, -0.05) is 6.07 Å². The molecule has 3 aromatic rings. The van der Waals surface area contributed by atoms with Gasteiger partial charge in [-0.2, -0.15) is 5.10 Å². The SMILES string of the molecule is COc1ncc([C@H](CC(=O)O)n2ccc(CCC[C@H]3CCc4cccnc4N3)n2)cn1. The van der Waals surface area contributed by atoms with Gasteiger partial charge in [-0.15, -0.1) is 0 Å². The minimum absolute atomic E-state index is 0.102. The van der Waals surface area contributed by atoms with Crippen molar-refractivity contribution in [2.24, 2.45) is 0 Å². The highest BCUT2D eigenvalue weighted by Crippen LogP contribution is 2.25. The maximum absolute atomic E-state index is 11.4. The third-order valence-corrected chi connectivity index (χ3v) is 5.55. The van der Waals surface area contributed by atoms with Crippen LogP contribution in [0.1, 0.15) is 48.5 Å². The van der Waals surface area contributed by atoms with Crippen molar-refractivity contribution in [3.05, 3.63) is 59.8 Å². The number of aliphatic carboxylic acids is 1. The van der Waals surface area contributed by atoms with E-state index in [1.807, 2.05) is 24.5 Å². The Morgan fingerprint density at radius 3 is 2.94 bits per heavy atom. The Bertz CT molecular complexity index is 1020. The van der Waals surface area contributed by atoms with E-state index in [1.54, 1.807) is 17.1 Å². The zero-order valence-electron chi connectivity index (χ0n) is 17.4. The monoisotopic (exact) mass is 422 g/mol. The molecule has 0 radical (unpaired) electrons. The number of hydrogen-bond donors (Lipinski definition) is 2. The number of aromatic nitrogens is 5. The lowest BCUT2D eigenvalue weighted by Crippen LogP contribution is -2.26. The Kier molecular flexibility index (Phi) is 6.40. The molecule has 9 nitrogen and oxygen atoms in total. The van der Waals surface area contributed by atoms with Crippen LogP contribution < -0.4 is 10.1 Å². The highest BCUT2D eigenvalue weighted by molar-refractivity contribution is 5.68. The van der Waals surface area contributed by atoms with Crippen LogP contribution in [0.3, 0.4) is 0 Å². The van der Waals surface area contributed by atoms with Crippen molar-refractivity contribution in [2.45, 2.75) is 50.6 Å². The number of nitrogens with one attached hydrogen (secondary N) is 1. The molecule has 4 rings (SSSR count). The van der Waals surface area contributed by atoms with E-state index in [0.717, 1.165) is 43.6 Å². The van der Waals surface area contributed by atoms with E-state index in [-0.39, 0.29) is 12.4 Å². The van der Waals surface area contributed by atoms with Crippen LogP contribution in [0.4, 0.5) is 5.82 Å². The number of rotatable bonds is 9. The van der Waals surface area contributed by atoms with Gasteiger partial charge in [0.25, 0.3) is 0 Å². The lowest BCUT2D eigenvalue weighted by Gasteiger charge is -2.25. The Morgan fingerprint density at radius 2 is 2.16 bits per heavy atom. The molecule has 0 fully saturated rings. The van der Waals surface area contributed by atoms with E-state index in [4.69, 9.17) is 4.74 Å². The summed E-state index contributed by atoms with van der Waals surface area (Å²) in [5.74, 6) is 0.0939. The standard InChI is InChI=1S/C22H26N6O3/c1-31-22-24-13-16(14-25-22)19(12-20(29)30)28-11-9-18(27-28)6-2-5-17-8-7-15-4-3-10-23-21(15)26-17/h3-4,9-11,13-14,17,19H,2,5-8,12H2,1H3,(H,23,26)(H,29,30)/t17-,19-/m0/s1. The predicted octanol–water partition coefficient (Wildman–Crippen LogP) is 2.89. The fraction of sp³-hybridized carbons (Fsp3) is 0.409. The first kappa shape index (κ1) is 20.8. The first-order valence-electron chi connectivity index (χ1n) is 10.4.